The van der Waals surface area contributed by atoms with Crippen molar-refractivity contribution in [1.29, 1.82) is 0 Å². The van der Waals surface area contributed by atoms with E-state index >= 15 is 0 Å². The molecule has 0 saturated carbocycles. The van der Waals surface area contributed by atoms with E-state index < -0.39 is 0 Å². The van der Waals surface area contributed by atoms with Gasteiger partial charge in [0.15, 0.2) is 5.15 Å². The number of nitrogens with zero attached hydrogens (tertiary/aromatic N) is 2. The minimum absolute atomic E-state index is 0.0510. The Kier molecular flexibility index (Phi) is 2.52. The average molecular weight is 174 g/mol. The molecule has 11 heavy (non-hydrogen) atoms. The predicted octanol–water partition coefficient (Wildman–Crippen LogP) is 1.58. The van der Waals surface area contributed by atoms with E-state index in [1.54, 1.807) is 6.33 Å². The molecule has 0 unspecified atom stereocenters. The van der Waals surface area contributed by atoms with E-state index in [1.165, 1.54) is 0 Å². The number of nitrogens with two attached hydrogens (primary N) is 1. The molecule has 0 aliphatic carbocycles. The first-order valence-corrected chi connectivity index (χ1v) is 4.00. The summed E-state index contributed by atoms with van der Waals surface area (Å²) in [7, 11) is 0. The minimum atomic E-state index is -0.0510. The highest BCUT2D eigenvalue weighted by atomic mass is 35.5. The third-order valence-corrected chi connectivity index (χ3v) is 1.89. The normalized spacial score (nSPS) is 13.5. The Bertz CT molecular complexity index is 242. The molecule has 4 heteroatoms. The maximum absolute atomic E-state index is 5.81. The highest BCUT2D eigenvalue weighted by molar-refractivity contribution is 6.30. The second-order valence-electron chi connectivity index (χ2n) is 2.50. The molecule has 0 aliphatic heterocycles. The van der Waals surface area contributed by atoms with Crippen LogP contribution in [0.5, 0.6) is 0 Å². The molecule has 2 N–H and O–H groups in total. The third-order valence-electron chi connectivity index (χ3n) is 1.60. The van der Waals surface area contributed by atoms with Crippen LogP contribution >= 0.6 is 11.6 Å². The molecule has 1 heterocycles. The van der Waals surface area contributed by atoms with Crippen LogP contribution in [0.4, 0.5) is 0 Å². The third kappa shape index (κ3) is 1.54. The Morgan fingerprint density at radius 2 is 2.45 bits per heavy atom. The summed E-state index contributed by atoms with van der Waals surface area (Å²) in [4.78, 5) is 3.96. The number of rotatable bonds is 2. The van der Waals surface area contributed by atoms with E-state index in [0.29, 0.717) is 5.15 Å². The average Bonchev–Trinajstić information content (AvgIpc) is 2.30. The lowest BCUT2D eigenvalue weighted by atomic mass is 10.3. The van der Waals surface area contributed by atoms with Crippen LogP contribution in [-0.4, -0.2) is 9.55 Å². The Labute approximate surface area is 71.2 Å². The van der Waals surface area contributed by atoms with E-state index in [9.17, 15) is 0 Å². The predicted molar refractivity (Wildman–Crippen MR) is 45.5 cm³/mol. The summed E-state index contributed by atoms with van der Waals surface area (Å²) in [6.45, 7) is 4.79. The topological polar surface area (TPSA) is 43.8 Å². The van der Waals surface area contributed by atoms with Gasteiger partial charge in [0.25, 0.3) is 0 Å². The lowest BCUT2D eigenvalue weighted by Crippen LogP contribution is -2.11. The molecule has 1 atom stereocenters. The highest BCUT2D eigenvalue weighted by Gasteiger charge is 2.10. The Morgan fingerprint density at radius 1 is 1.82 bits per heavy atom. The van der Waals surface area contributed by atoms with E-state index in [4.69, 9.17) is 17.3 Å². The summed E-state index contributed by atoms with van der Waals surface area (Å²) in [6.07, 6.45) is 1.71. The van der Waals surface area contributed by atoms with E-state index in [-0.39, 0.29) is 6.04 Å². The number of imidazole rings is 1. The molecular weight excluding hydrogens is 162 g/mol. The number of halogens is 1. The van der Waals surface area contributed by atoms with Gasteiger partial charge >= 0.3 is 0 Å². The van der Waals surface area contributed by atoms with Crippen molar-refractivity contribution in [2.75, 3.05) is 0 Å². The molecule has 0 amide bonds. The van der Waals surface area contributed by atoms with Crippen molar-refractivity contribution in [3.8, 4) is 0 Å². The number of hydrogen-bond acceptors (Lipinski definition) is 2. The summed E-state index contributed by atoms with van der Waals surface area (Å²) in [5.74, 6) is 0. The van der Waals surface area contributed by atoms with Crippen LogP contribution in [-0.2, 0) is 6.54 Å². The number of hydrogen-bond donors (Lipinski definition) is 1. The standard InChI is InChI=1S/C7H12ClN3/c1-3-11-4-10-7(8)6(11)5(2)9/h4-5H,3,9H2,1-2H3/t5-/m1/s1. The summed E-state index contributed by atoms with van der Waals surface area (Å²) in [5.41, 5.74) is 6.60. The van der Waals surface area contributed by atoms with Crippen molar-refractivity contribution in [3.63, 3.8) is 0 Å². The first-order chi connectivity index (χ1) is 5.16. The Morgan fingerprint density at radius 3 is 2.82 bits per heavy atom. The summed E-state index contributed by atoms with van der Waals surface area (Å²) in [5, 5.41) is 0.516. The molecule has 62 valence electrons. The van der Waals surface area contributed by atoms with Gasteiger partial charge in [0.2, 0.25) is 0 Å². The lowest BCUT2D eigenvalue weighted by molar-refractivity contribution is 0.657. The smallest absolute Gasteiger partial charge is 0.151 e. The second kappa shape index (κ2) is 3.24. The van der Waals surface area contributed by atoms with Gasteiger partial charge in [-0.05, 0) is 13.8 Å². The maximum Gasteiger partial charge on any atom is 0.151 e. The van der Waals surface area contributed by atoms with Gasteiger partial charge in [0.1, 0.15) is 0 Å². The largest absolute Gasteiger partial charge is 0.332 e. The lowest BCUT2D eigenvalue weighted by Gasteiger charge is -2.08. The fraction of sp³-hybridized carbons (Fsp3) is 0.571. The zero-order valence-electron chi connectivity index (χ0n) is 6.71. The van der Waals surface area contributed by atoms with Crippen LogP contribution in [0.2, 0.25) is 5.15 Å². The molecule has 0 fully saturated rings. The number of aromatic nitrogens is 2. The molecule has 0 bridgehead atoms. The SMILES string of the molecule is CCn1cnc(Cl)c1[C@@H](C)N. The van der Waals surface area contributed by atoms with Crippen LogP contribution in [0.1, 0.15) is 25.6 Å². The summed E-state index contributed by atoms with van der Waals surface area (Å²) >= 11 is 5.81. The summed E-state index contributed by atoms with van der Waals surface area (Å²) < 4.78 is 1.95. The van der Waals surface area contributed by atoms with Gasteiger partial charge in [0.05, 0.1) is 12.0 Å². The fourth-order valence-electron chi connectivity index (χ4n) is 1.07. The molecule has 0 aliphatic rings. The van der Waals surface area contributed by atoms with Crippen LogP contribution in [0.3, 0.4) is 0 Å². The second-order valence-corrected chi connectivity index (χ2v) is 2.85. The molecule has 0 aromatic carbocycles. The van der Waals surface area contributed by atoms with Gasteiger partial charge in [-0.2, -0.15) is 0 Å². The van der Waals surface area contributed by atoms with Crippen LogP contribution in [0.25, 0.3) is 0 Å². The van der Waals surface area contributed by atoms with Crippen LogP contribution in [0.15, 0.2) is 6.33 Å². The highest BCUT2D eigenvalue weighted by Crippen LogP contribution is 2.19. The zero-order chi connectivity index (χ0) is 8.43. The Hall–Kier alpha value is -0.540. The Balaban J connectivity index is 3.07. The quantitative estimate of drug-likeness (QED) is 0.738. The van der Waals surface area contributed by atoms with Gasteiger partial charge in [-0.1, -0.05) is 11.6 Å². The molecule has 3 nitrogen and oxygen atoms in total. The molecule has 0 saturated heterocycles. The minimum Gasteiger partial charge on any atom is -0.332 e. The van der Waals surface area contributed by atoms with Gasteiger partial charge in [-0.15, -0.1) is 0 Å². The van der Waals surface area contributed by atoms with Crippen LogP contribution in [0, 0.1) is 0 Å². The first kappa shape index (κ1) is 8.56. The molecule has 0 radical (unpaired) electrons. The van der Waals surface area contributed by atoms with E-state index in [0.717, 1.165) is 12.2 Å². The maximum atomic E-state index is 5.81. The van der Waals surface area contributed by atoms with Crippen molar-refractivity contribution in [2.24, 2.45) is 5.73 Å². The molecule has 1 rings (SSSR count). The number of aryl methyl sites for hydroxylation is 1. The molecular formula is C7H12ClN3. The molecule has 1 aromatic rings. The van der Waals surface area contributed by atoms with Crippen LogP contribution < -0.4 is 5.73 Å². The summed E-state index contributed by atoms with van der Waals surface area (Å²) in [6, 6.07) is -0.0510. The zero-order valence-corrected chi connectivity index (χ0v) is 7.47. The van der Waals surface area contributed by atoms with Crippen molar-refractivity contribution in [3.05, 3.63) is 17.2 Å². The first-order valence-electron chi connectivity index (χ1n) is 3.63. The van der Waals surface area contributed by atoms with Crippen molar-refractivity contribution in [1.82, 2.24) is 9.55 Å². The van der Waals surface area contributed by atoms with E-state index in [2.05, 4.69) is 4.98 Å². The van der Waals surface area contributed by atoms with Crippen molar-refractivity contribution >= 4 is 11.6 Å². The van der Waals surface area contributed by atoms with Crippen molar-refractivity contribution in [2.45, 2.75) is 26.4 Å². The van der Waals surface area contributed by atoms with Gasteiger partial charge < -0.3 is 10.3 Å². The molecule has 1 aromatic heterocycles. The van der Waals surface area contributed by atoms with E-state index in [1.807, 2.05) is 18.4 Å². The van der Waals surface area contributed by atoms with Gasteiger partial charge in [-0.3, -0.25) is 0 Å². The monoisotopic (exact) mass is 173 g/mol. The van der Waals surface area contributed by atoms with Gasteiger partial charge in [0, 0.05) is 12.6 Å². The van der Waals surface area contributed by atoms with Gasteiger partial charge in [-0.25, -0.2) is 4.98 Å². The molecule has 0 spiro atoms. The fourth-order valence-corrected chi connectivity index (χ4v) is 1.39. The van der Waals surface area contributed by atoms with Crippen molar-refractivity contribution < 1.29 is 0 Å².